The van der Waals surface area contributed by atoms with Gasteiger partial charge in [-0.2, -0.15) is 0 Å². The monoisotopic (exact) mass is 659 g/mol. The third kappa shape index (κ3) is 39.6. The molecule has 48 heavy (non-hydrogen) atoms. The Morgan fingerprint density at radius 1 is 0.417 bits per heavy atom. The fraction of sp³-hybridized carbons (Fsp3) is 0.674. The molecule has 0 aliphatic heterocycles. The van der Waals surface area contributed by atoms with Gasteiger partial charge in [0, 0.05) is 0 Å². The van der Waals surface area contributed by atoms with Gasteiger partial charge < -0.3 is 5.11 Å². The first-order valence-corrected chi connectivity index (χ1v) is 20.1. The minimum absolute atomic E-state index is 0.225. The Hall–Kier alpha value is -2.55. The number of aliphatic hydroxyl groups excluding tert-OH is 1. The SMILES string of the molecule is C#CC(=O)/C=C/CCCCCCCCC/C=C\CCCC/C=C\CCCC/C=C\CCCCCCCCCCCCC/C=C/[C@H](O)C#C. The largest absolute Gasteiger partial charge is 0.377 e. The maximum Gasteiger partial charge on any atom is 0.228 e. The quantitative estimate of drug-likeness (QED) is 0.0239. The number of aliphatic hydroxyl groups is 1. The maximum atomic E-state index is 11.0. The van der Waals surface area contributed by atoms with E-state index >= 15 is 0 Å². The lowest BCUT2D eigenvalue weighted by Crippen LogP contribution is -1.95. The van der Waals surface area contributed by atoms with Crippen LogP contribution in [0.3, 0.4) is 0 Å². The van der Waals surface area contributed by atoms with Gasteiger partial charge in [-0.3, -0.25) is 4.79 Å². The first-order chi connectivity index (χ1) is 23.7. The van der Waals surface area contributed by atoms with Gasteiger partial charge in [0.05, 0.1) is 0 Å². The summed E-state index contributed by atoms with van der Waals surface area (Å²) in [6.07, 6.45) is 69.6. The van der Waals surface area contributed by atoms with Gasteiger partial charge in [0.25, 0.3) is 0 Å². The van der Waals surface area contributed by atoms with Gasteiger partial charge in [-0.1, -0.05) is 144 Å². The number of rotatable bonds is 36. The summed E-state index contributed by atoms with van der Waals surface area (Å²) in [5.41, 5.74) is 0. The molecule has 2 heteroatoms. The smallest absolute Gasteiger partial charge is 0.228 e. The molecular formula is C46H74O2. The lowest BCUT2D eigenvalue weighted by Gasteiger charge is -2.02. The van der Waals surface area contributed by atoms with Gasteiger partial charge in [0.1, 0.15) is 6.10 Å². The normalized spacial score (nSPS) is 12.6. The minimum atomic E-state index is -0.717. The summed E-state index contributed by atoms with van der Waals surface area (Å²) in [7, 11) is 0. The Labute approximate surface area is 299 Å². The van der Waals surface area contributed by atoms with Crippen molar-refractivity contribution in [3.8, 4) is 24.7 Å². The maximum absolute atomic E-state index is 11.0. The van der Waals surface area contributed by atoms with E-state index in [1.807, 2.05) is 12.2 Å². The average Bonchev–Trinajstić information content (AvgIpc) is 3.10. The van der Waals surface area contributed by atoms with Crippen LogP contribution in [0.15, 0.2) is 60.8 Å². The van der Waals surface area contributed by atoms with Crippen molar-refractivity contribution in [3.63, 3.8) is 0 Å². The van der Waals surface area contributed by atoms with E-state index in [-0.39, 0.29) is 5.78 Å². The highest BCUT2D eigenvalue weighted by Crippen LogP contribution is 2.14. The van der Waals surface area contributed by atoms with Crippen molar-refractivity contribution in [2.45, 2.75) is 199 Å². The number of ketones is 1. The summed E-state index contributed by atoms with van der Waals surface area (Å²) < 4.78 is 0. The van der Waals surface area contributed by atoms with Crippen molar-refractivity contribution in [1.29, 1.82) is 0 Å². The molecule has 0 radical (unpaired) electrons. The molecule has 0 aromatic carbocycles. The second-order valence-corrected chi connectivity index (χ2v) is 13.5. The van der Waals surface area contributed by atoms with E-state index in [1.165, 1.54) is 179 Å². The minimum Gasteiger partial charge on any atom is -0.377 e. The molecule has 0 amide bonds. The molecule has 1 atom stereocenters. The van der Waals surface area contributed by atoms with Crippen LogP contribution in [-0.4, -0.2) is 17.0 Å². The highest BCUT2D eigenvalue weighted by atomic mass is 16.3. The molecule has 0 aromatic heterocycles. The van der Waals surface area contributed by atoms with Crippen LogP contribution in [0, 0.1) is 24.7 Å². The molecule has 1 N–H and O–H groups in total. The Bertz CT molecular complexity index is 919. The molecule has 0 fully saturated rings. The number of hydrogen-bond donors (Lipinski definition) is 1. The summed E-state index contributed by atoms with van der Waals surface area (Å²) in [4.78, 5) is 11.0. The molecule has 0 heterocycles. The Balaban J connectivity index is 3.26. The fourth-order valence-corrected chi connectivity index (χ4v) is 5.80. The molecule has 0 rings (SSSR count). The van der Waals surface area contributed by atoms with Gasteiger partial charge in [-0.05, 0) is 121 Å². The lowest BCUT2D eigenvalue weighted by atomic mass is 10.0. The van der Waals surface area contributed by atoms with E-state index in [0.717, 1.165) is 19.3 Å². The molecule has 0 saturated carbocycles. The molecule has 0 spiro atoms. The Morgan fingerprint density at radius 3 is 0.958 bits per heavy atom. The van der Waals surface area contributed by atoms with Crippen LogP contribution in [0.4, 0.5) is 0 Å². The molecule has 0 aliphatic rings. The predicted molar refractivity (Wildman–Crippen MR) is 213 cm³/mol. The second-order valence-electron chi connectivity index (χ2n) is 13.5. The fourth-order valence-electron chi connectivity index (χ4n) is 5.80. The topological polar surface area (TPSA) is 37.3 Å². The molecule has 270 valence electrons. The van der Waals surface area contributed by atoms with E-state index in [1.54, 1.807) is 6.08 Å². The zero-order chi connectivity index (χ0) is 34.9. The summed E-state index contributed by atoms with van der Waals surface area (Å²) >= 11 is 0. The van der Waals surface area contributed by atoms with Crippen LogP contribution >= 0.6 is 0 Å². The zero-order valence-electron chi connectivity index (χ0n) is 31.1. The lowest BCUT2D eigenvalue weighted by molar-refractivity contribution is -0.109. The van der Waals surface area contributed by atoms with Crippen LogP contribution in [0.5, 0.6) is 0 Å². The molecular weight excluding hydrogens is 585 g/mol. The predicted octanol–water partition coefficient (Wildman–Crippen LogP) is 13.7. The summed E-state index contributed by atoms with van der Waals surface area (Å²) in [6, 6.07) is 0. The Morgan fingerprint density at radius 2 is 0.667 bits per heavy atom. The first-order valence-electron chi connectivity index (χ1n) is 20.1. The molecule has 2 nitrogen and oxygen atoms in total. The van der Waals surface area contributed by atoms with Crippen LogP contribution in [-0.2, 0) is 4.79 Å². The van der Waals surface area contributed by atoms with E-state index in [2.05, 4.69) is 48.3 Å². The number of terminal acetylenes is 2. The summed E-state index contributed by atoms with van der Waals surface area (Å²) in [5, 5.41) is 9.26. The van der Waals surface area contributed by atoms with Crippen molar-refractivity contribution in [2.75, 3.05) is 0 Å². The molecule has 0 bridgehead atoms. The van der Waals surface area contributed by atoms with Gasteiger partial charge in [-0.15, -0.1) is 12.8 Å². The summed E-state index contributed by atoms with van der Waals surface area (Å²) in [6.45, 7) is 0. The number of unbranched alkanes of at least 4 members (excludes halogenated alkanes) is 26. The number of hydrogen-bond acceptors (Lipinski definition) is 2. The highest BCUT2D eigenvalue weighted by molar-refractivity contribution is 6.03. The van der Waals surface area contributed by atoms with Crippen molar-refractivity contribution in [1.82, 2.24) is 0 Å². The van der Waals surface area contributed by atoms with Crippen LogP contribution in [0.1, 0.15) is 193 Å². The third-order valence-corrected chi connectivity index (χ3v) is 8.87. The van der Waals surface area contributed by atoms with E-state index in [4.69, 9.17) is 12.8 Å². The van der Waals surface area contributed by atoms with Crippen LogP contribution in [0.2, 0.25) is 0 Å². The highest BCUT2D eigenvalue weighted by Gasteiger charge is 1.95. The van der Waals surface area contributed by atoms with Crippen molar-refractivity contribution in [2.24, 2.45) is 0 Å². The first kappa shape index (κ1) is 45.5. The number of carbonyl (C=O) groups is 1. The van der Waals surface area contributed by atoms with Crippen molar-refractivity contribution >= 4 is 5.78 Å². The van der Waals surface area contributed by atoms with Gasteiger partial charge in [0.2, 0.25) is 5.78 Å². The third-order valence-electron chi connectivity index (χ3n) is 8.87. The zero-order valence-corrected chi connectivity index (χ0v) is 31.1. The van der Waals surface area contributed by atoms with Crippen molar-refractivity contribution in [3.05, 3.63) is 60.8 Å². The average molecular weight is 659 g/mol. The van der Waals surface area contributed by atoms with E-state index < -0.39 is 6.10 Å². The molecule has 0 unspecified atom stereocenters. The number of carbonyl (C=O) groups excluding carboxylic acids is 1. The molecule has 0 saturated heterocycles. The number of allylic oxidation sites excluding steroid dienone is 9. The van der Waals surface area contributed by atoms with Gasteiger partial charge >= 0.3 is 0 Å². The van der Waals surface area contributed by atoms with Gasteiger partial charge in [0.15, 0.2) is 0 Å². The summed E-state index contributed by atoms with van der Waals surface area (Å²) in [5.74, 6) is 4.18. The van der Waals surface area contributed by atoms with E-state index in [9.17, 15) is 9.90 Å². The second kappa shape index (κ2) is 40.6. The Kier molecular flexibility index (Phi) is 38.5. The van der Waals surface area contributed by atoms with Crippen LogP contribution in [0.25, 0.3) is 0 Å². The molecule has 0 aliphatic carbocycles. The molecule has 0 aromatic rings. The van der Waals surface area contributed by atoms with Gasteiger partial charge in [-0.25, -0.2) is 0 Å². The van der Waals surface area contributed by atoms with E-state index in [0.29, 0.717) is 0 Å². The van der Waals surface area contributed by atoms with Crippen LogP contribution < -0.4 is 0 Å². The standard InChI is InChI=1S/C46H74O2/c1-3-45(47)43-41-39-37-35-33-31-29-27-25-23-21-19-17-15-13-11-9-7-5-6-8-10-12-14-16-18-20-22-24-26-28-30-32-34-36-38-40-42-44-46(48)4-2/h1-2,7,9,12,14,19,21,41-44,46,48H,5-6,8,10-11,13,15-18,20,22-40H2/b9-7-,14-12-,21-19-,43-41+,44-42+/t46-/m1/s1. The van der Waals surface area contributed by atoms with Crippen molar-refractivity contribution < 1.29 is 9.90 Å².